The maximum absolute atomic E-state index is 12.6. The van der Waals surface area contributed by atoms with E-state index in [2.05, 4.69) is 18.7 Å². The van der Waals surface area contributed by atoms with Crippen molar-refractivity contribution in [2.45, 2.75) is 64.5 Å². The second-order valence-electron chi connectivity index (χ2n) is 6.04. The van der Waals surface area contributed by atoms with E-state index in [1.54, 1.807) is 0 Å². The lowest BCUT2D eigenvalue weighted by Gasteiger charge is -2.35. The third-order valence-corrected chi connectivity index (χ3v) is 4.49. The molecule has 3 unspecified atom stereocenters. The Hall–Kier alpha value is -0.570. The Labute approximate surface area is 105 Å². The highest BCUT2D eigenvalue weighted by molar-refractivity contribution is 5.80. The maximum atomic E-state index is 12.6. The lowest BCUT2D eigenvalue weighted by atomic mass is 9.83. The van der Waals surface area contributed by atoms with Crippen LogP contribution in [-0.4, -0.2) is 29.4 Å². The summed E-state index contributed by atoms with van der Waals surface area (Å²) in [6.45, 7) is 5.39. The Morgan fingerprint density at radius 3 is 2.53 bits per heavy atom. The minimum atomic E-state index is 0.100. The second-order valence-corrected chi connectivity index (χ2v) is 6.04. The molecule has 2 aliphatic rings. The second kappa shape index (κ2) is 5.38. The predicted octanol–water partition coefficient (Wildman–Crippen LogP) is 2.15. The summed E-state index contributed by atoms with van der Waals surface area (Å²) in [7, 11) is 0. The summed E-state index contributed by atoms with van der Waals surface area (Å²) in [5.41, 5.74) is 6.12. The van der Waals surface area contributed by atoms with Crippen LogP contribution >= 0.6 is 0 Å². The van der Waals surface area contributed by atoms with Crippen LogP contribution in [0.25, 0.3) is 0 Å². The molecule has 1 aliphatic carbocycles. The maximum Gasteiger partial charge on any atom is 0.227 e. The number of likely N-dealkylation sites (tertiary alicyclic amines) is 1. The van der Waals surface area contributed by atoms with E-state index in [9.17, 15) is 4.79 Å². The Bertz CT molecular complexity index is 277. The van der Waals surface area contributed by atoms with E-state index in [-0.39, 0.29) is 12.0 Å². The highest BCUT2D eigenvalue weighted by atomic mass is 16.2. The fourth-order valence-electron chi connectivity index (χ4n) is 3.44. The summed E-state index contributed by atoms with van der Waals surface area (Å²) in [5, 5.41) is 0. The van der Waals surface area contributed by atoms with Crippen molar-refractivity contribution < 1.29 is 4.79 Å². The lowest BCUT2D eigenvalue weighted by Crippen LogP contribution is -2.48. The molecular formula is C14H26N2O. The zero-order valence-corrected chi connectivity index (χ0v) is 11.2. The standard InChI is InChI=1S/C14H26N2O/c1-10(2)13-8-5-9-16(13)14(17)11-6-3-4-7-12(11)15/h10-13H,3-9,15H2,1-2H3. The van der Waals surface area contributed by atoms with Crippen LogP contribution in [-0.2, 0) is 4.79 Å². The molecule has 2 fully saturated rings. The van der Waals surface area contributed by atoms with Gasteiger partial charge in [0.2, 0.25) is 5.91 Å². The van der Waals surface area contributed by atoms with Crippen LogP contribution in [0.4, 0.5) is 0 Å². The quantitative estimate of drug-likeness (QED) is 0.801. The smallest absolute Gasteiger partial charge is 0.227 e. The van der Waals surface area contributed by atoms with Crippen LogP contribution in [0.1, 0.15) is 52.4 Å². The number of carbonyl (C=O) groups is 1. The first-order valence-electron chi connectivity index (χ1n) is 7.17. The Kier molecular flexibility index (Phi) is 4.08. The first-order chi connectivity index (χ1) is 8.11. The van der Waals surface area contributed by atoms with Gasteiger partial charge >= 0.3 is 0 Å². The first-order valence-corrected chi connectivity index (χ1v) is 7.17. The van der Waals surface area contributed by atoms with Gasteiger partial charge in [0.15, 0.2) is 0 Å². The Morgan fingerprint density at radius 2 is 1.88 bits per heavy atom. The molecule has 17 heavy (non-hydrogen) atoms. The molecule has 1 heterocycles. The summed E-state index contributed by atoms with van der Waals surface area (Å²) in [6.07, 6.45) is 6.72. The highest BCUT2D eigenvalue weighted by Gasteiger charge is 2.37. The van der Waals surface area contributed by atoms with Gasteiger partial charge < -0.3 is 10.6 Å². The summed E-state index contributed by atoms with van der Waals surface area (Å²) >= 11 is 0. The van der Waals surface area contributed by atoms with Gasteiger partial charge in [-0.05, 0) is 31.6 Å². The van der Waals surface area contributed by atoms with Gasteiger partial charge in [-0.15, -0.1) is 0 Å². The average molecular weight is 238 g/mol. The summed E-state index contributed by atoms with van der Waals surface area (Å²) in [5.74, 6) is 1.01. The van der Waals surface area contributed by atoms with Gasteiger partial charge in [-0.2, -0.15) is 0 Å². The number of rotatable bonds is 2. The average Bonchev–Trinajstić information content (AvgIpc) is 2.77. The molecule has 0 spiro atoms. The molecule has 2 N–H and O–H groups in total. The SMILES string of the molecule is CC(C)C1CCCN1C(=O)C1CCCCC1N. The number of amides is 1. The molecule has 3 heteroatoms. The van der Waals surface area contributed by atoms with Crippen molar-refractivity contribution in [1.82, 2.24) is 4.90 Å². The predicted molar refractivity (Wildman–Crippen MR) is 69.5 cm³/mol. The largest absolute Gasteiger partial charge is 0.339 e. The van der Waals surface area contributed by atoms with Gasteiger partial charge in [-0.25, -0.2) is 0 Å². The number of carbonyl (C=O) groups excluding carboxylic acids is 1. The molecular weight excluding hydrogens is 212 g/mol. The topological polar surface area (TPSA) is 46.3 Å². The van der Waals surface area contributed by atoms with E-state index in [4.69, 9.17) is 5.73 Å². The summed E-state index contributed by atoms with van der Waals surface area (Å²) < 4.78 is 0. The van der Waals surface area contributed by atoms with E-state index in [1.807, 2.05) is 0 Å². The van der Waals surface area contributed by atoms with Crippen molar-refractivity contribution in [3.63, 3.8) is 0 Å². The number of nitrogens with zero attached hydrogens (tertiary/aromatic N) is 1. The molecule has 1 saturated carbocycles. The third kappa shape index (κ3) is 2.65. The molecule has 0 aromatic rings. The Balaban J connectivity index is 2.03. The molecule has 0 aromatic carbocycles. The van der Waals surface area contributed by atoms with Crippen molar-refractivity contribution in [1.29, 1.82) is 0 Å². The minimum absolute atomic E-state index is 0.100. The van der Waals surface area contributed by atoms with Gasteiger partial charge in [0.1, 0.15) is 0 Å². The first kappa shape index (κ1) is 12.9. The van der Waals surface area contributed by atoms with Gasteiger partial charge in [-0.3, -0.25) is 4.79 Å². The summed E-state index contributed by atoms with van der Waals surface area (Å²) in [6, 6.07) is 0.557. The Morgan fingerprint density at radius 1 is 1.18 bits per heavy atom. The van der Waals surface area contributed by atoms with Crippen molar-refractivity contribution in [2.24, 2.45) is 17.6 Å². The van der Waals surface area contributed by atoms with Gasteiger partial charge in [0.25, 0.3) is 0 Å². The van der Waals surface area contributed by atoms with Crippen LogP contribution in [0.2, 0.25) is 0 Å². The van der Waals surface area contributed by atoms with E-state index < -0.39 is 0 Å². The minimum Gasteiger partial charge on any atom is -0.339 e. The monoisotopic (exact) mass is 238 g/mol. The molecule has 2 rings (SSSR count). The molecule has 98 valence electrons. The number of nitrogens with two attached hydrogens (primary N) is 1. The van der Waals surface area contributed by atoms with Crippen molar-refractivity contribution in [3.05, 3.63) is 0 Å². The van der Waals surface area contributed by atoms with E-state index in [0.717, 1.165) is 25.8 Å². The molecule has 3 atom stereocenters. The van der Waals surface area contributed by atoms with Crippen LogP contribution < -0.4 is 5.73 Å². The fraction of sp³-hybridized carbons (Fsp3) is 0.929. The van der Waals surface area contributed by atoms with Crippen LogP contribution in [0.15, 0.2) is 0 Å². The number of hydrogen-bond acceptors (Lipinski definition) is 2. The normalized spacial score (nSPS) is 34.4. The van der Waals surface area contributed by atoms with Crippen molar-refractivity contribution in [3.8, 4) is 0 Å². The van der Waals surface area contributed by atoms with Gasteiger partial charge in [-0.1, -0.05) is 26.7 Å². The molecule has 1 aliphatic heterocycles. The number of hydrogen-bond donors (Lipinski definition) is 1. The molecule has 3 nitrogen and oxygen atoms in total. The van der Waals surface area contributed by atoms with E-state index in [0.29, 0.717) is 17.9 Å². The zero-order chi connectivity index (χ0) is 12.4. The fourth-order valence-corrected chi connectivity index (χ4v) is 3.44. The highest BCUT2D eigenvalue weighted by Crippen LogP contribution is 2.30. The van der Waals surface area contributed by atoms with Crippen LogP contribution in [0.3, 0.4) is 0 Å². The van der Waals surface area contributed by atoms with Crippen LogP contribution in [0.5, 0.6) is 0 Å². The summed E-state index contributed by atoms with van der Waals surface area (Å²) in [4.78, 5) is 14.7. The molecule has 1 amide bonds. The van der Waals surface area contributed by atoms with Gasteiger partial charge in [0.05, 0.1) is 5.92 Å². The lowest BCUT2D eigenvalue weighted by molar-refractivity contribution is -0.138. The molecule has 1 saturated heterocycles. The van der Waals surface area contributed by atoms with E-state index in [1.165, 1.54) is 19.3 Å². The van der Waals surface area contributed by atoms with Crippen molar-refractivity contribution in [2.75, 3.05) is 6.54 Å². The van der Waals surface area contributed by atoms with Crippen molar-refractivity contribution >= 4 is 5.91 Å². The molecule has 0 aromatic heterocycles. The third-order valence-electron chi connectivity index (χ3n) is 4.49. The van der Waals surface area contributed by atoms with E-state index >= 15 is 0 Å². The molecule has 0 bridgehead atoms. The van der Waals surface area contributed by atoms with Gasteiger partial charge in [0, 0.05) is 18.6 Å². The molecule has 0 radical (unpaired) electrons. The zero-order valence-electron chi connectivity index (χ0n) is 11.2. The van der Waals surface area contributed by atoms with Crippen LogP contribution in [0, 0.1) is 11.8 Å².